The van der Waals surface area contributed by atoms with Gasteiger partial charge < -0.3 is 5.11 Å². The van der Waals surface area contributed by atoms with Gasteiger partial charge in [-0.3, -0.25) is 0 Å². The van der Waals surface area contributed by atoms with Gasteiger partial charge >= 0.3 is 0 Å². The number of aryl methyl sites for hydroxylation is 1. The minimum absolute atomic E-state index is 0.363. The highest BCUT2D eigenvalue weighted by Gasteiger charge is 2.12. The third kappa shape index (κ3) is 1.37. The summed E-state index contributed by atoms with van der Waals surface area (Å²) >= 11 is 3.52. The van der Waals surface area contributed by atoms with Crippen molar-refractivity contribution in [3.63, 3.8) is 0 Å². The summed E-state index contributed by atoms with van der Waals surface area (Å²) in [4.78, 5) is 0. The van der Waals surface area contributed by atoms with E-state index in [0.717, 1.165) is 28.1 Å². The lowest BCUT2D eigenvalue weighted by Gasteiger charge is -2.14. The van der Waals surface area contributed by atoms with Crippen molar-refractivity contribution in [1.29, 1.82) is 0 Å². The van der Waals surface area contributed by atoms with Gasteiger partial charge in [0.15, 0.2) is 0 Å². The predicted octanol–water partition coefficient (Wildman–Crippen LogP) is 4.27. The number of fused-ring (bicyclic) bond motifs is 3. The molecule has 80 valence electrons. The third-order valence-corrected chi connectivity index (χ3v) is 3.79. The van der Waals surface area contributed by atoms with Crippen molar-refractivity contribution < 1.29 is 5.11 Å². The van der Waals surface area contributed by atoms with Crippen molar-refractivity contribution in [1.82, 2.24) is 0 Å². The molecule has 0 aliphatic heterocycles. The maximum atomic E-state index is 10.00. The molecule has 1 nitrogen and oxygen atoms in total. The van der Waals surface area contributed by atoms with Crippen LogP contribution in [0.5, 0.6) is 5.75 Å². The van der Waals surface area contributed by atoms with Gasteiger partial charge in [-0.1, -0.05) is 40.2 Å². The molecular formula is C14H11BrO. The number of halogens is 1. The molecule has 2 aromatic carbocycles. The lowest BCUT2D eigenvalue weighted by Crippen LogP contribution is -1.95. The molecule has 0 heterocycles. The normalized spacial score (nSPS) is 14.1. The molecule has 0 atom stereocenters. The first-order chi connectivity index (χ1) is 7.77. The summed E-state index contributed by atoms with van der Waals surface area (Å²) in [5.41, 5.74) is 2.49. The summed E-state index contributed by atoms with van der Waals surface area (Å²) in [6.07, 6.45) is 6.44. The van der Waals surface area contributed by atoms with Crippen LogP contribution in [0, 0.1) is 0 Å². The molecule has 0 fully saturated rings. The van der Waals surface area contributed by atoms with Gasteiger partial charge in [-0.25, -0.2) is 0 Å². The predicted molar refractivity (Wildman–Crippen MR) is 70.7 cm³/mol. The van der Waals surface area contributed by atoms with Crippen LogP contribution in [0.4, 0.5) is 0 Å². The summed E-state index contributed by atoms with van der Waals surface area (Å²) in [7, 11) is 0. The molecule has 0 saturated carbocycles. The summed E-state index contributed by atoms with van der Waals surface area (Å²) < 4.78 is 1.03. The minimum atomic E-state index is 0.363. The molecule has 16 heavy (non-hydrogen) atoms. The average Bonchev–Trinajstić information content (AvgIpc) is 2.33. The van der Waals surface area contributed by atoms with E-state index in [-0.39, 0.29) is 0 Å². The topological polar surface area (TPSA) is 20.2 Å². The van der Waals surface area contributed by atoms with Crippen LogP contribution in [0.15, 0.2) is 34.8 Å². The van der Waals surface area contributed by atoms with Crippen LogP contribution in [0.1, 0.15) is 17.5 Å². The first-order valence-electron chi connectivity index (χ1n) is 5.37. The van der Waals surface area contributed by atoms with Crippen molar-refractivity contribution >= 4 is 32.8 Å². The number of hydrogen-bond donors (Lipinski definition) is 1. The lowest BCUT2D eigenvalue weighted by atomic mass is 9.92. The maximum Gasteiger partial charge on any atom is 0.124 e. The Balaban J connectivity index is 2.49. The zero-order valence-corrected chi connectivity index (χ0v) is 10.3. The molecule has 0 spiro atoms. The van der Waals surface area contributed by atoms with Gasteiger partial charge in [-0.05, 0) is 36.1 Å². The summed E-state index contributed by atoms with van der Waals surface area (Å²) in [5, 5.41) is 12.0. The highest BCUT2D eigenvalue weighted by Crippen LogP contribution is 2.37. The van der Waals surface area contributed by atoms with Crippen LogP contribution in [0.2, 0.25) is 0 Å². The van der Waals surface area contributed by atoms with Crippen molar-refractivity contribution in [3.8, 4) is 5.75 Å². The van der Waals surface area contributed by atoms with Gasteiger partial charge in [-0.15, -0.1) is 0 Å². The zero-order valence-electron chi connectivity index (χ0n) is 8.70. The number of aromatic hydroxyl groups is 1. The minimum Gasteiger partial charge on any atom is -0.507 e. The van der Waals surface area contributed by atoms with Crippen LogP contribution in [-0.4, -0.2) is 5.11 Å². The fraction of sp³-hybridized carbons (Fsp3) is 0.143. The van der Waals surface area contributed by atoms with Gasteiger partial charge in [-0.2, -0.15) is 0 Å². The Kier molecular flexibility index (Phi) is 2.25. The molecule has 0 amide bonds. The summed E-state index contributed by atoms with van der Waals surface area (Å²) in [6, 6.07) is 7.87. The fourth-order valence-electron chi connectivity index (χ4n) is 2.31. The highest BCUT2D eigenvalue weighted by molar-refractivity contribution is 9.10. The molecular weight excluding hydrogens is 264 g/mol. The monoisotopic (exact) mass is 274 g/mol. The van der Waals surface area contributed by atoms with Gasteiger partial charge in [0, 0.05) is 15.2 Å². The highest BCUT2D eigenvalue weighted by atomic mass is 79.9. The second kappa shape index (κ2) is 3.63. The van der Waals surface area contributed by atoms with Crippen LogP contribution >= 0.6 is 15.9 Å². The largest absolute Gasteiger partial charge is 0.507 e. The summed E-state index contributed by atoms with van der Waals surface area (Å²) in [6.45, 7) is 0. The van der Waals surface area contributed by atoms with Crippen molar-refractivity contribution in [2.45, 2.75) is 12.8 Å². The van der Waals surface area contributed by atoms with Crippen molar-refractivity contribution in [2.75, 3.05) is 0 Å². The number of allylic oxidation sites excluding steroid dienone is 1. The van der Waals surface area contributed by atoms with Crippen LogP contribution in [0.25, 0.3) is 16.8 Å². The number of phenols is 1. The van der Waals surface area contributed by atoms with E-state index in [4.69, 9.17) is 0 Å². The van der Waals surface area contributed by atoms with Crippen molar-refractivity contribution in [3.05, 3.63) is 45.9 Å². The molecule has 1 N–H and O–H groups in total. The molecule has 2 aromatic rings. The Morgan fingerprint density at radius 3 is 2.88 bits per heavy atom. The summed E-state index contributed by atoms with van der Waals surface area (Å²) in [5.74, 6) is 0.363. The Labute approximate surface area is 103 Å². The third-order valence-electron chi connectivity index (χ3n) is 3.10. The van der Waals surface area contributed by atoms with Gasteiger partial charge in [0.2, 0.25) is 0 Å². The SMILES string of the molecule is Oc1ccc(Br)c2ccc3c(c12)C=CCC3. The van der Waals surface area contributed by atoms with Crippen molar-refractivity contribution in [2.24, 2.45) is 0 Å². The standard InChI is InChI=1S/C14H11BrO/c15-12-7-8-13(16)14-10-4-2-1-3-9(10)5-6-11(12)14/h2,4-8,16H,1,3H2. The maximum absolute atomic E-state index is 10.00. The Bertz CT molecular complexity index is 599. The zero-order chi connectivity index (χ0) is 11.1. The number of hydrogen-bond acceptors (Lipinski definition) is 1. The first-order valence-corrected chi connectivity index (χ1v) is 6.16. The number of benzene rings is 2. The molecule has 1 aliphatic rings. The van der Waals surface area contributed by atoms with Crippen LogP contribution in [0.3, 0.4) is 0 Å². The molecule has 1 aliphatic carbocycles. The second-order valence-electron chi connectivity index (χ2n) is 4.07. The van der Waals surface area contributed by atoms with E-state index in [1.165, 1.54) is 11.1 Å². The Hall–Kier alpha value is -1.28. The Morgan fingerprint density at radius 1 is 1.12 bits per heavy atom. The smallest absolute Gasteiger partial charge is 0.124 e. The molecule has 0 unspecified atom stereocenters. The molecule has 2 heteroatoms. The lowest BCUT2D eigenvalue weighted by molar-refractivity contribution is 0.481. The van der Waals surface area contributed by atoms with E-state index in [1.54, 1.807) is 6.07 Å². The molecule has 0 aromatic heterocycles. The number of phenolic OH excluding ortho intramolecular Hbond substituents is 1. The average molecular weight is 275 g/mol. The fourth-order valence-corrected chi connectivity index (χ4v) is 2.77. The molecule has 0 saturated heterocycles. The van der Waals surface area contributed by atoms with E-state index in [2.05, 4.69) is 40.2 Å². The van der Waals surface area contributed by atoms with Gasteiger partial charge in [0.05, 0.1) is 0 Å². The molecule has 3 rings (SSSR count). The van der Waals surface area contributed by atoms with Gasteiger partial charge in [0.25, 0.3) is 0 Å². The van der Waals surface area contributed by atoms with E-state index >= 15 is 0 Å². The van der Waals surface area contributed by atoms with E-state index in [0.29, 0.717) is 5.75 Å². The molecule has 0 bridgehead atoms. The van der Waals surface area contributed by atoms with Crippen LogP contribution in [-0.2, 0) is 6.42 Å². The Morgan fingerprint density at radius 2 is 2.00 bits per heavy atom. The van der Waals surface area contributed by atoms with Gasteiger partial charge in [0.1, 0.15) is 5.75 Å². The van der Waals surface area contributed by atoms with E-state index < -0.39 is 0 Å². The first kappa shape index (κ1) is 9.91. The second-order valence-corrected chi connectivity index (χ2v) is 4.92. The van der Waals surface area contributed by atoms with E-state index in [9.17, 15) is 5.11 Å². The van der Waals surface area contributed by atoms with E-state index in [1.807, 2.05) is 6.07 Å². The quantitative estimate of drug-likeness (QED) is 0.761. The number of rotatable bonds is 0. The van der Waals surface area contributed by atoms with Crippen LogP contribution < -0.4 is 0 Å². The molecule has 0 radical (unpaired) electrons.